The van der Waals surface area contributed by atoms with Crippen LogP contribution in [0.4, 0.5) is 4.79 Å². The Morgan fingerprint density at radius 1 is 1.37 bits per heavy atom. The molecular weight excluding hydrogens is 357 g/mol. The van der Waals surface area contributed by atoms with Gasteiger partial charge in [-0.15, -0.1) is 0 Å². The minimum Gasteiger partial charge on any atom is -0.507 e. The third-order valence-electron chi connectivity index (χ3n) is 3.44. The van der Waals surface area contributed by atoms with Crippen molar-refractivity contribution in [2.45, 2.75) is 12.5 Å². The highest BCUT2D eigenvalue weighted by Crippen LogP contribution is 2.32. The number of benzene rings is 2. The molecule has 0 radical (unpaired) electrons. The first-order valence-electron chi connectivity index (χ1n) is 5.86. The van der Waals surface area contributed by atoms with Crippen molar-refractivity contribution in [3.63, 3.8) is 0 Å². The van der Waals surface area contributed by atoms with Crippen LogP contribution in [0.3, 0.4) is 0 Å². The molecule has 98 valence electrons. The maximum absolute atomic E-state index is 11.2. The molecule has 3 rings (SSSR count). The standard InChI is InChI=1S/C14H12INO3/c1-14(7-19-13(18)16-14)9-3-4-10-8(6-9)2-5-11(17)12(10)15/h2-6,17H,7H2,1H3,(H,16,18)/t14-/m0/s1. The summed E-state index contributed by atoms with van der Waals surface area (Å²) >= 11 is 2.13. The number of nitrogens with one attached hydrogen (secondary N) is 1. The monoisotopic (exact) mass is 369 g/mol. The molecule has 0 aromatic heterocycles. The van der Waals surface area contributed by atoms with Gasteiger partial charge in [-0.05, 0) is 58.0 Å². The lowest BCUT2D eigenvalue weighted by Crippen LogP contribution is -2.37. The molecular formula is C14H12INO3. The summed E-state index contributed by atoms with van der Waals surface area (Å²) in [6.45, 7) is 2.26. The molecule has 1 saturated heterocycles. The van der Waals surface area contributed by atoms with E-state index in [4.69, 9.17) is 4.74 Å². The van der Waals surface area contributed by atoms with Gasteiger partial charge >= 0.3 is 6.09 Å². The number of fused-ring (bicyclic) bond motifs is 1. The van der Waals surface area contributed by atoms with Gasteiger partial charge in [-0.25, -0.2) is 4.79 Å². The highest BCUT2D eigenvalue weighted by Gasteiger charge is 2.36. The fourth-order valence-corrected chi connectivity index (χ4v) is 2.96. The maximum Gasteiger partial charge on any atom is 0.408 e. The van der Waals surface area contributed by atoms with E-state index in [1.807, 2.05) is 31.2 Å². The molecule has 1 amide bonds. The third kappa shape index (κ3) is 2.01. The maximum atomic E-state index is 11.2. The second-order valence-electron chi connectivity index (χ2n) is 4.87. The Labute approximate surface area is 123 Å². The summed E-state index contributed by atoms with van der Waals surface area (Å²) in [6, 6.07) is 9.49. The Balaban J connectivity index is 2.13. The quantitative estimate of drug-likeness (QED) is 0.760. The van der Waals surface area contributed by atoms with Crippen LogP contribution < -0.4 is 5.32 Å². The fraction of sp³-hybridized carbons (Fsp3) is 0.214. The highest BCUT2D eigenvalue weighted by molar-refractivity contribution is 14.1. The molecule has 2 aromatic carbocycles. The summed E-state index contributed by atoms with van der Waals surface area (Å²) < 4.78 is 5.82. The predicted molar refractivity (Wildman–Crippen MR) is 80.2 cm³/mol. The van der Waals surface area contributed by atoms with Crippen molar-refractivity contribution in [3.8, 4) is 5.75 Å². The molecule has 1 heterocycles. The topological polar surface area (TPSA) is 58.6 Å². The van der Waals surface area contributed by atoms with Gasteiger partial charge < -0.3 is 15.2 Å². The molecule has 0 spiro atoms. The van der Waals surface area contributed by atoms with E-state index in [9.17, 15) is 9.90 Å². The summed E-state index contributed by atoms with van der Waals surface area (Å²) in [4.78, 5) is 11.2. The molecule has 19 heavy (non-hydrogen) atoms. The minimum absolute atomic E-state index is 0.282. The van der Waals surface area contributed by atoms with Crippen molar-refractivity contribution in [2.24, 2.45) is 0 Å². The van der Waals surface area contributed by atoms with Crippen LogP contribution in [0.25, 0.3) is 10.8 Å². The number of alkyl carbamates (subject to hydrolysis) is 1. The second-order valence-corrected chi connectivity index (χ2v) is 5.95. The normalized spacial score (nSPS) is 22.3. The number of carbonyl (C=O) groups excluding carboxylic acids is 1. The predicted octanol–water partition coefficient (Wildman–Crippen LogP) is 3.11. The van der Waals surface area contributed by atoms with Gasteiger partial charge in [0.25, 0.3) is 0 Å². The van der Waals surface area contributed by atoms with E-state index in [1.54, 1.807) is 6.07 Å². The van der Waals surface area contributed by atoms with Crippen molar-refractivity contribution in [1.29, 1.82) is 0 Å². The van der Waals surface area contributed by atoms with E-state index >= 15 is 0 Å². The molecule has 0 saturated carbocycles. The van der Waals surface area contributed by atoms with E-state index < -0.39 is 5.54 Å². The molecule has 1 aliphatic heterocycles. The average Bonchev–Trinajstić information content (AvgIpc) is 2.75. The van der Waals surface area contributed by atoms with Gasteiger partial charge in [0.1, 0.15) is 12.4 Å². The number of phenolic OH excluding ortho intramolecular Hbond substituents is 1. The summed E-state index contributed by atoms with van der Waals surface area (Å²) in [6.07, 6.45) is -0.386. The summed E-state index contributed by atoms with van der Waals surface area (Å²) in [5.41, 5.74) is 0.501. The number of rotatable bonds is 1. The zero-order valence-corrected chi connectivity index (χ0v) is 12.4. The number of amides is 1. The molecule has 5 heteroatoms. The van der Waals surface area contributed by atoms with Crippen LogP contribution in [0, 0.1) is 3.57 Å². The Hall–Kier alpha value is -1.50. The Kier molecular flexibility index (Phi) is 2.81. The summed E-state index contributed by atoms with van der Waals surface area (Å²) in [7, 11) is 0. The Bertz CT molecular complexity index is 686. The van der Waals surface area contributed by atoms with Crippen molar-refractivity contribution in [3.05, 3.63) is 39.5 Å². The van der Waals surface area contributed by atoms with Crippen LogP contribution in [0.2, 0.25) is 0 Å². The van der Waals surface area contributed by atoms with Crippen LogP contribution in [0.5, 0.6) is 5.75 Å². The van der Waals surface area contributed by atoms with Gasteiger partial charge in [0.05, 0.1) is 9.11 Å². The Morgan fingerprint density at radius 3 is 2.84 bits per heavy atom. The molecule has 1 atom stereocenters. The first-order chi connectivity index (χ1) is 8.99. The number of hydrogen-bond acceptors (Lipinski definition) is 3. The number of hydrogen-bond donors (Lipinski definition) is 2. The minimum atomic E-state index is -0.491. The molecule has 0 bridgehead atoms. The lowest BCUT2D eigenvalue weighted by molar-refractivity contribution is 0.173. The zero-order chi connectivity index (χ0) is 13.6. The van der Waals surface area contributed by atoms with Crippen molar-refractivity contribution >= 4 is 39.5 Å². The average molecular weight is 369 g/mol. The number of aromatic hydroxyl groups is 1. The van der Waals surface area contributed by atoms with Gasteiger partial charge in [0, 0.05) is 0 Å². The number of carbonyl (C=O) groups is 1. The first kappa shape index (κ1) is 12.5. The second kappa shape index (κ2) is 4.26. The SMILES string of the molecule is C[C@@]1(c2ccc3c(I)c(O)ccc3c2)COC(=O)N1. The van der Waals surface area contributed by atoms with E-state index in [0.29, 0.717) is 6.61 Å². The van der Waals surface area contributed by atoms with Crippen LogP contribution in [-0.2, 0) is 10.3 Å². The number of halogens is 1. The highest BCUT2D eigenvalue weighted by atomic mass is 127. The van der Waals surface area contributed by atoms with E-state index in [-0.39, 0.29) is 11.8 Å². The van der Waals surface area contributed by atoms with Crippen molar-refractivity contribution < 1.29 is 14.6 Å². The smallest absolute Gasteiger partial charge is 0.408 e. The van der Waals surface area contributed by atoms with Gasteiger partial charge in [0.15, 0.2) is 0 Å². The largest absolute Gasteiger partial charge is 0.507 e. The first-order valence-corrected chi connectivity index (χ1v) is 6.94. The van der Waals surface area contributed by atoms with Gasteiger partial charge in [0.2, 0.25) is 0 Å². The van der Waals surface area contributed by atoms with Crippen LogP contribution in [0.15, 0.2) is 30.3 Å². The number of cyclic esters (lactones) is 1. The van der Waals surface area contributed by atoms with Crippen LogP contribution in [-0.4, -0.2) is 17.8 Å². The summed E-state index contributed by atoms with van der Waals surface area (Å²) in [5, 5.41) is 14.6. The van der Waals surface area contributed by atoms with Crippen molar-refractivity contribution in [2.75, 3.05) is 6.61 Å². The van der Waals surface area contributed by atoms with E-state index in [1.165, 1.54) is 0 Å². The molecule has 2 aromatic rings. The van der Waals surface area contributed by atoms with E-state index in [2.05, 4.69) is 27.9 Å². The van der Waals surface area contributed by atoms with Crippen LogP contribution in [0.1, 0.15) is 12.5 Å². The summed E-state index contributed by atoms with van der Waals surface area (Å²) in [5.74, 6) is 0.282. The molecule has 1 fully saturated rings. The molecule has 2 N–H and O–H groups in total. The lowest BCUT2D eigenvalue weighted by Gasteiger charge is -2.22. The molecule has 0 aliphatic carbocycles. The van der Waals surface area contributed by atoms with Crippen molar-refractivity contribution in [1.82, 2.24) is 5.32 Å². The van der Waals surface area contributed by atoms with E-state index in [0.717, 1.165) is 19.9 Å². The lowest BCUT2D eigenvalue weighted by atomic mass is 9.91. The van der Waals surface area contributed by atoms with Gasteiger partial charge in [-0.3, -0.25) is 0 Å². The number of ether oxygens (including phenoxy) is 1. The molecule has 1 aliphatic rings. The van der Waals surface area contributed by atoms with Crippen LogP contribution >= 0.6 is 22.6 Å². The third-order valence-corrected chi connectivity index (χ3v) is 4.57. The van der Waals surface area contributed by atoms with Gasteiger partial charge in [-0.2, -0.15) is 0 Å². The number of phenols is 1. The van der Waals surface area contributed by atoms with Gasteiger partial charge in [-0.1, -0.05) is 18.2 Å². The molecule has 4 nitrogen and oxygen atoms in total. The molecule has 0 unspecified atom stereocenters. The fourth-order valence-electron chi connectivity index (χ4n) is 2.29. The Morgan fingerprint density at radius 2 is 2.16 bits per heavy atom. The zero-order valence-electron chi connectivity index (χ0n) is 10.2.